The number of para-hydroxylation sites is 1. The summed E-state index contributed by atoms with van der Waals surface area (Å²) in [5.74, 6) is -0.569. The Bertz CT molecular complexity index is 1410. The zero-order valence-corrected chi connectivity index (χ0v) is 20.4. The topological polar surface area (TPSA) is 129 Å². The van der Waals surface area contributed by atoms with Crippen LogP contribution in [0.25, 0.3) is 10.9 Å². The monoisotopic (exact) mass is 512 g/mol. The smallest absolute Gasteiger partial charge is 0.273 e. The second-order valence-electron chi connectivity index (χ2n) is 7.22. The summed E-state index contributed by atoms with van der Waals surface area (Å²) < 4.78 is 51.8. The van der Waals surface area contributed by atoms with Gasteiger partial charge in [-0.05, 0) is 23.6 Å². The number of hydrogen-bond acceptors (Lipinski definition) is 8. The van der Waals surface area contributed by atoms with Gasteiger partial charge in [-0.2, -0.15) is 0 Å². The maximum Gasteiger partial charge on any atom is 0.273 e. The van der Waals surface area contributed by atoms with Gasteiger partial charge in [-0.1, -0.05) is 30.0 Å². The van der Waals surface area contributed by atoms with Gasteiger partial charge in [-0.15, -0.1) is 11.3 Å². The Balaban J connectivity index is 1.56. The largest absolute Gasteiger partial charge is 0.351 e. The van der Waals surface area contributed by atoms with Crippen LogP contribution >= 0.6 is 23.1 Å². The van der Waals surface area contributed by atoms with Crippen molar-refractivity contribution in [3.63, 3.8) is 0 Å². The van der Waals surface area contributed by atoms with Crippen LogP contribution in [0.3, 0.4) is 0 Å². The molecule has 0 saturated heterocycles. The summed E-state index contributed by atoms with van der Waals surface area (Å²) in [6.45, 7) is 0.381. The van der Waals surface area contributed by atoms with Crippen molar-refractivity contribution in [3.8, 4) is 0 Å². The van der Waals surface area contributed by atoms with Crippen LogP contribution in [0, 0.1) is 0 Å². The van der Waals surface area contributed by atoms with Crippen LogP contribution in [0.15, 0.2) is 51.0 Å². The molecule has 0 spiro atoms. The van der Waals surface area contributed by atoms with E-state index in [9.17, 15) is 21.6 Å². The fourth-order valence-electron chi connectivity index (χ4n) is 3.32. The number of anilines is 1. The van der Waals surface area contributed by atoms with E-state index in [1.807, 2.05) is 16.9 Å². The van der Waals surface area contributed by atoms with Gasteiger partial charge in [0.05, 0.1) is 29.7 Å². The van der Waals surface area contributed by atoms with Gasteiger partial charge in [0.2, 0.25) is 15.9 Å². The lowest BCUT2D eigenvalue weighted by molar-refractivity contribution is -0.119. The van der Waals surface area contributed by atoms with Crippen LogP contribution < -0.4 is 9.03 Å². The zero-order chi connectivity index (χ0) is 23.1. The van der Waals surface area contributed by atoms with E-state index in [0.717, 1.165) is 23.0 Å². The van der Waals surface area contributed by atoms with E-state index in [-0.39, 0.29) is 15.9 Å². The Morgan fingerprint density at radius 1 is 1.25 bits per heavy atom. The van der Waals surface area contributed by atoms with Gasteiger partial charge in [-0.25, -0.2) is 16.8 Å². The van der Waals surface area contributed by atoms with Crippen LogP contribution in [0.4, 0.5) is 5.69 Å². The third-order valence-electron chi connectivity index (χ3n) is 4.74. The van der Waals surface area contributed by atoms with Gasteiger partial charge in [-0.3, -0.25) is 18.8 Å². The molecular weight excluding hydrogens is 493 g/mol. The molecule has 1 aliphatic rings. The number of carbonyl (C=O) groups excluding carboxylic acids is 1. The highest BCUT2D eigenvalue weighted by Gasteiger charge is 2.27. The lowest BCUT2D eigenvalue weighted by atomic mass is 10.2. The summed E-state index contributed by atoms with van der Waals surface area (Å²) in [5.41, 5.74) is 1.88. The molecule has 1 aromatic carbocycles. The molecule has 13 heteroatoms. The summed E-state index contributed by atoms with van der Waals surface area (Å²) in [7, 11) is -5.76. The maximum atomic E-state index is 13.0. The van der Waals surface area contributed by atoms with Crippen molar-refractivity contribution < 1.29 is 21.6 Å². The first-order chi connectivity index (χ1) is 15.0. The Hall–Kier alpha value is -2.35. The number of aliphatic imine (C=N–C) groups is 1. The number of aromatic amines is 1. The highest BCUT2D eigenvalue weighted by Crippen LogP contribution is 2.34. The normalized spacial score (nSPS) is 16.8. The van der Waals surface area contributed by atoms with Crippen molar-refractivity contribution in [1.82, 2.24) is 9.71 Å². The SMILES string of the molecule is CN(c1cccc2cc(C3=NCC(CC(=O)NS(C)(=O)=O)S3)[nH]c12)S(=O)(=O)c1cccs1. The van der Waals surface area contributed by atoms with Crippen molar-refractivity contribution in [3.05, 3.63) is 47.5 Å². The summed E-state index contributed by atoms with van der Waals surface area (Å²) in [5, 5.41) is 3.05. The van der Waals surface area contributed by atoms with Gasteiger partial charge < -0.3 is 4.98 Å². The summed E-state index contributed by atoms with van der Waals surface area (Å²) in [6, 6.07) is 10.5. The fraction of sp³-hybridized carbons (Fsp3) is 0.263. The molecule has 1 unspecified atom stereocenters. The van der Waals surface area contributed by atoms with Crippen molar-refractivity contribution in [2.24, 2.45) is 4.99 Å². The van der Waals surface area contributed by atoms with E-state index >= 15 is 0 Å². The van der Waals surface area contributed by atoms with Crippen molar-refractivity contribution >= 4 is 70.7 Å². The molecule has 0 bridgehead atoms. The fourth-order valence-corrected chi connectivity index (χ4v) is 7.27. The van der Waals surface area contributed by atoms with E-state index in [4.69, 9.17) is 0 Å². The predicted molar refractivity (Wildman–Crippen MR) is 129 cm³/mol. The zero-order valence-electron chi connectivity index (χ0n) is 17.1. The summed E-state index contributed by atoms with van der Waals surface area (Å²) >= 11 is 2.54. The van der Waals surface area contributed by atoms with Crippen LogP contribution in [-0.4, -0.2) is 57.9 Å². The molecule has 170 valence electrons. The van der Waals surface area contributed by atoms with Gasteiger partial charge in [0.1, 0.15) is 9.25 Å². The molecule has 2 aromatic heterocycles. The first-order valence-electron chi connectivity index (χ1n) is 9.41. The van der Waals surface area contributed by atoms with Gasteiger partial charge in [0, 0.05) is 24.1 Å². The molecule has 1 atom stereocenters. The molecule has 0 radical (unpaired) electrons. The minimum atomic E-state index is -3.68. The van der Waals surface area contributed by atoms with Crippen LogP contribution in [-0.2, 0) is 24.8 Å². The summed E-state index contributed by atoms with van der Waals surface area (Å²) in [6.07, 6.45) is 0.963. The average molecular weight is 513 g/mol. The Morgan fingerprint density at radius 3 is 2.72 bits per heavy atom. The maximum absolute atomic E-state index is 13.0. The number of sulfonamides is 2. The molecule has 3 aromatic rings. The number of rotatable bonds is 7. The number of aromatic nitrogens is 1. The quantitative estimate of drug-likeness (QED) is 0.500. The number of nitrogens with zero attached hydrogens (tertiary/aromatic N) is 2. The van der Waals surface area contributed by atoms with Crippen molar-refractivity contribution in [2.75, 3.05) is 24.2 Å². The molecule has 0 fully saturated rings. The van der Waals surface area contributed by atoms with E-state index in [2.05, 4.69) is 9.98 Å². The number of hydrogen-bond donors (Lipinski definition) is 2. The third-order valence-corrected chi connectivity index (χ3v) is 9.71. The van der Waals surface area contributed by atoms with E-state index in [1.54, 1.807) is 29.6 Å². The number of amides is 1. The lowest BCUT2D eigenvalue weighted by Gasteiger charge is -2.19. The van der Waals surface area contributed by atoms with E-state index < -0.39 is 26.0 Å². The highest BCUT2D eigenvalue weighted by molar-refractivity contribution is 8.15. The number of H-pyrrole nitrogens is 1. The molecule has 3 heterocycles. The molecule has 0 aliphatic carbocycles. The third kappa shape index (κ3) is 4.70. The summed E-state index contributed by atoms with van der Waals surface area (Å²) in [4.78, 5) is 19.6. The lowest BCUT2D eigenvalue weighted by Crippen LogP contribution is -2.31. The second kappa shape index (κ2) is 8.54. The van der Waals surface area contributed by atoms with E-state index in [0.29, 0.717) is 28.5 Å². The second-order valence-corrected chi connectivity index (χ2v) is 13.4. The minimum Gasteiger partial charge on any atom is -0.351 e. The Kier molecular flexibility index (Phi) is 6.09. The average Bonchev–Trinajstić information content (AvgIpc) is 3.44. The number of fused-ring (bicyclic) bond motifs is 1. The molecule has 2 N–H and O–H groups in total. The van der Waals surface area contributed by atoms with Crippen LogP contribution in [0.5, 0.6) is 0 Å². The number of thiophene rings is 1. The van der Waals surface area contributed by atoms with Crippen molar-refractivity contribution in [2.45, 2.75) is 15.9 Å². The van der Waals surface area contributed by atoms with Crippen molar-refractivity contribution in [1.29, 1.82) is 0 Å². The molecule has 0 saturated carbocycles. The molecule has 4 rings (SSSR count). The van der Waals surface area contributed by atoms with Crippen LogP contribution in [0.1, 0.15) is 12.1 Å². The molecule has 9 nitrogen and oxygen atoms in total. The first-order valence-corrected chi connectivity index (χ1v) is 14.5. The predicted octanol–water partition coefficient (Wildman–Crippen LogP) is 2.38. The Labute approximate surface area is 194 Å². The van der Waals surface area contributed by atoms with Crippen LogP contribution in [0.2, 0.25) is 0 Å². The number of nitrogens with one attached hydrogen (secondary N) is 2. The number of carbonyl (C=O) groups is 1. The number of thioether (sulfide) groups is 1. The molecule has 1 amide bonds. The first kappa shape index (κ1) is 22.8. The molecule has 1 aliphatic heterocycles. The van der Waals surface area contributed by atoms with Gasteiger partial charge in [0.15, 0.2) is 0 Å². The molecular formula is C19H20N4O5S4. The minimum absolute atomic E-state index is 0.0258. The number of benzene rings is 1. The Morgan fingerprint density at radius 2 is 2.03 bits per heavy atom. The van der Waals surface area contributed by atoms with E-state index in [1.165, 1.54) is 23.1 Å². The standard InChI is InChI=1S/C19H20N4O5S4/c1-23(32(27,28)17-7-4-8-29-17)15-6-3-5-12-9-14(21-18(12)15)19-20-11-13(30-19)10-16(24)22-31(2,25)26/h3-9,13,21H,10-11H2,1-2H3,(H,22,24). The van der Waals surface area contributed by atoms with Gasteiger partial charge >= 0.3 is 0 Å². The highest BCUT2D eigenvalue weighted by atomic mass is 32.2. The van der Waals surface area contributed by atoms with Gasteiger partial charge in [0.25, 0.3) is 10.0 Å². The molecule has 32 heavy (non-hydrogen) atoms.